The number of fused-ring (bicyclic) bond motifs is 1. The second kappa shape index (κ2) is 4.64. The van der Waals surface area contributed by atoms with Gasteiger partial charge in [0.1, 0.15) is 11.9 Å². The number of benzene rings is 1. The van der Waals surface area contributed by atoms with Crippen LogP contribution in [0.3, 0.4) is 0 Å². The molecule has 0 saturated carbocycles. The Bertz CT molecular complexity index is 340. The molecule has 0 bridgehead atoms. The van der Waals surface area contributed by atoms with Gasteiger partial charge in [0.25, 0.3) is 0 Å². The van der Waals surface area contributed by atoms with E-state index >= 15 is 0 Å². The molecule has 16 heavy (non-hydrogen) atoms. The lowest BCUT2D eigenvalue weighted by Crippen LogP contribution is -2.45. The number of hydrogen-bond donors (Lipinski definition) is 1. The van der Waals surface area contributed by atoms with Gasteiger partial charge in [0, 0.05) is 24.4 Å². The first kappa shape index (κ1) is 11.7. The number of rotatable bonds is 4. The third-order valence-electron chi connectivity index (χ3n) is 2.86. The molecule has 3 heteroatoms. The highest BCUT2D eigenvalue weighted by Crippen LogP contribution is 2.27. The summed E-state index contributed by atoms with van der Waals surface area (Å²) in [5, 5.41) is 3.43. The van der Waals surface area contributed by atoms with Crippen molar-refractivity contribution in [2.45, 2.75) is 31.9 Å². The van der Waals surface area contributed by atoms with Crippen molar-refractivity contribution in [3.63, 3.8) is 0 Å². The molecule has 0 amide bonds. The van der Waals surface area contributed by atoms with Crippen LogP contribution in [0.5, 0.6) is 5.75 Å². The predicted molar refractivity (Wildman–Crippen MR) is 67.4 cm³/mol. The normalized spacial score (nSPS) is 19.3. The molecule has 0 radical (unpaired) electrons. The molecule has 2 rings (SSSR count). The third kappa shape index (κ3) is 2.69. The molecule has 1 aliphatic heterocycles. The summed E-state index contributed by atoms with van der Waals surface area (Å²) in [6.45, 7) is 5.04. The topological polar surface area (TPSA) is 21.3 Å². The van der Waals surface area contributed by atoms with Gasteiger partial charge in [0.05, 0.1) is 0 Å². The molecule has 1 heterocycles. The highest BCUT2D eigenvalue weighted by atomic mass is 35.5. The van der Waals surface area contributed by atoms with Gasteiger partial charge in [-0.2, -0.15) is 0 Å². The number of para-hydroxylation sites is 1. The second-order valence-electron chi connectivity index (χ2n) is 4.95. The molecule has 2 nitrogen and oxygen atoms in total. The number of hydrogen-bond acceptors (Lipinski definition) is 2. The summed E-state index contributed by atoms with van der Waals surface area (Å²) in [4.78, 5) is 0. The largest absolute Gasteiger partial charge is 0.488 e. The van der Waals surface area contributed by atoms with Gasteiger partial charge < -0.3 is 10.1 Å². The Morgan fingerprint density at radius 2 is 2.19 bits per heavy atom. The minimum atomic E-state index is -0.0281. The van der Waals surface area contributed by atoms with E-state index in [1.807, 2.05) is 12.1 Å². The van der Waals surface area contributed by atoms with Crippen molar-refractivity contribution in [3.05, 3.63) is 29.8 Å². The van der Waals surface area contributed by atoms with Crippen LogP contribution in [-0.4, -0.2) is 24.1 Å². The lowest BCUT2D eigenvalue weighted by molar-refractivity contribution is 0.213. The Balaban J connectivity index is 1.88. The summed E-state index contributed by atoms with van der Waals surface area (Å²) in [7, 11) is 0. The first-order valence-corrected chi connectivity index (χ1v) is 6.20. The quantitative estimate of drug-likeness (QED) is 0.816. The summed E-state index contributed by atoms with van der Waals surface area (Å²) in [5.74, 6) is 1.63. The Morgan fingerprint density at radius 3 is 2.88 bits per heavy atom. The van der Waals surface area contributed by atoms with Crippen LogP contribution in [0.4, 0.5) is 0 Å². The van der Waals surface area contributed by atoms with Crippen LogP contribution >= 0.6 is 11.6 Å². The summed E-state index contributed by atoms with van der Waals surface area (Å²) >= 11 is 5.86. The summed E-state index contributed by atoms with van der Waals surface area (Å²) < 4.78 is 5.84. The number of ether oxygens (including phenoxy) is 1. The van der Waals surface area contributed by atoms with Gasteiger partial charge in [-0.25, -0.2) is 0 Å². The molecule has 0 saturated heterocycles. The molecule has 1 aromatic rings. The molecule has 1 aliphatic rings. The number of nitrogens with one attached hydrogen (secondary N) is 1. The Labute approximate surface area is 102 Å². The van der Waals surface area contributed by atoms with Crippen molar-refractivity contribution < 1.29 is 4.74 Å². The van der Waals surface area contributed by atoms with E-state index < -0.39 is 0 Å². The first-order chi connectivity index (χ1) is 7.61. The lowest BCUT2D eigenvalue weighted by atomic mass is 10.1. The van der Waals surface area contributed by atoms with Crippen molar-refractivity contribution in [1.82, 2.24) is 5.32 Å². The van der Waals surface area contributed by atoms with Gasteiger partial charge in [-0.05, 0) is 25.5 Å². The van der Waals surface area contributed by atoms with Gasteiger partial charge in [0.15, 0.2) is 0 Å². The van der Waals surface area contributed by atoms with E-state index in [1.165, 1.54) is 5.56 Å². The van der Waals surface area contributed by atoms with Crippen LogP contribution in [0.25, 0.3) is 0 Å². The minimum absolute atomic E-state index is 0.0281. The standard InChI is InChI=1S/C13H18ClNO/c1-13(2,9-14)15-8-11-7-10-5-3-4-6-12(10)16-11/h3-6,11,15H,7-9H2,1-2H3. The van der Waals surface area contributed by atoms with Gasteiger partial charge >= 0.3 is 0 Å². The third-order valence-corrected chi connectivity index (χ3v) is 3.52. The van der Waals surface area contributed by atoms with Crippen molar-refractivity contribution in [3.8, 4) is 5.75 Å². The molecule has 1 N–H and O–H groups in total. The van der Waals surface area contributed by atoms with E-state index in [9.17, 15) is 0 Å². The van der Waals surface area contributed by atoms with Crippen molar-refractivity contribution in [2.24, 2.45) is 0 Å². The fraction of sp³-hybridized carbons (Fsp3) is 0.538. The second-order valence-corrected chi connectivity index (χ2v) is 5.22. The van der Waals surface area contributed by atoms with E-state index in [4.69, 9.17) is 16.3 Å². The summed E-state index contributed by atoms with van der Waals surface area (Å²) in [6, 6.07) is 8.22. The SMILES string of the molecule is CC(C)(CCl)NCC1Cc2ccccc2O1. The maximum absolute atomic E-state index is 5.86. The Morgan fingerprint density at radius 1 is 1.44 bits per heavy atom. The highest BCUT2D eigenvalue weighted by molar-refractivity contribution is 6.18. The maximum atomic E-state index is 5.86. The maximum Gasteiger partial charge on any atom is 0.123 e. The van der Waals surface area contributed by atoms with E-state index in [1.54, 1.807) is 0 Å². The van der Waals surface area contributed by atoms with Crippen LogP contribution in [0.1, 0.15) is 19.4 Å². The number of alkyl halides is 1. The van der Waals surface area contributed by atoms with Crippen molar-refractivity contribution >= 4 is 11.6 Å². The van der Waals surface area contributed by atoms with Gasteiger partial charge in [-0.3, -0.25) is 0 Å². The molecule has 0 fully saturated rings. The zero-order valence-corrected chi connectivity index (χ0v) is 10.6. The van der Waals surface area contributed by atoms with Crippen LogP contribution in [0, 0.1) is 0 Å². The van der Waals surface area contributed by atoms with E-state index in [-0.39, 0.29) is 11.6 Å². The minimum Gasteiger partial charge on any atom is -0.488 e. The van der Waals surface area contributed by atoms with Gasteiger partial charge in [-0.1, -0.05) is 18.2 Å². The molecule has 0 aliphatic carbocycles. The average molecular weight is 240 g/mol. The van der Waals surface area contributed by atoms with Crippen LogP contribution in [0.2, 0.25) is 0 Å². The Hall–Kier alpha value is -0.730. The molecule has 1 unspecified atom stereocenters. The predicted octanol–water partition coefficient (Wildman–Crippen LogP) is 2.60. The van der Waals surface area contributed by atoms with E-state index in [2.05, 4.69) is 31.3 Å². The average Bonchev–Trinajstić information content (AvgIpc) is 2.69. The molecule has 88 valence electrons. The van der Waals surface area contributed by atoms with E-state index in [0.29, 0.717) is 5.88 Å². The van der Waals surface area contributed by atoms with Crippen molar-refractivity contribution in [1.29, 1.82) is 0 Å². The highest BCUT2D eigenvalue weighted by Gasteiger charge is 2.24. The molecule has 0 spiro atoms. The fourth-order valence-electron chi connectivity index (χ4n) is 1.81. The number of halogens is 1. The molecule has 1 aromatic carbocycles. The fourth-order valence-corrected chi connectivity index (χ4v) is 1.90. The summed E-state index contributed by atoms with van der Waals surface area (Å²) in [5.41, 5.74) is 1.28. The van der Waals surface area contributed by atoms with Gasteiger partial charge in [0.2, 0.25) is 0 Å². The van der Waals surface area contributed by atoms with Crippen LogP contribution in [0.15, 0.2) is 24.3 Å². The van der Waals surface area contributed by atoms with Crippen LogP contribution in [-0.2, 0) is 6.42 Å². The zero-order valence-electron chi connectivity index (χ0n) is 9.79. The molecule has 1 atom stereocenters. The zero-order chi connectivity index (χ0) is 11.6. The lowest BCUT2D eigenvalue weighted by Gasteiger charge is -2.25. The van der Waals surface area contributed by atoms with E-state index in [0.717, 1.165) is 18.7 Å². The molecular formula is C13H18ClNO. The Kier molecular flexibility index (Phi) is 3.41. The first-order valence-electron chi connectivity index (χ1n) is 5.66. The molecular weight excluding hydrogens is 222 g/mol. The summed E-state index contributed by atoms with van der Waals surface area (Å²) in [6.07, 6.45) is 1.22. The monoisotopic (exact) mass is 239 g/mol. The van der Waals surface area contributed by atoms with Crippen LogP contribution < -0.4 is 10.1 Å². The smallest absolute Gasteiger partial charge is 0.123 e. The molecule has 0 aromatic heterocycles. The van der Waals surface area contributed by atoms with Gasteiger partial charge in [-0.15, -0.1) is 11.6 Å². The van der Waals surface area contributed by atoms with Crippen molar-refractivity contribution in [2.75, 3.05) is 12.4 Å².